The van der Waals surface area contributed by atoms with E-state index in [1.54, 1.807) is 0 Å². The molecule has 0 fully saturated rings. The molecule has 0 saturated carbocycles. The zero-order chi connectivity index (χ0) is 23.8. The first kappa shape index (κ1) is 22.9. The third-order valence-corrected chi connectivity index (χ3v) is 5.88. The molecule has 0 spiro atoms. The highest BCUT2D eigenvalue weighted by atomic mass is 16.1. The van der Waals surface area contributed by atoms with Gasteiger partial charge in [0.2, 0.25) is 0 Å². The van der Waals surface area contributed by atoms with Crippen LogP contribution in [0.5, 0.6) is 0 Å². The molecule has 0 aromatic heterocycles. The molecule has 0 bridgehead atoms. The van der Waals surface area contributed by atoms with Gasteiger partial charge in [-0.2, -0.15) is 5.26 Å². The van der Waals surface area contributed by atoms with E-state index < -0.39 is 6.04 Å². The minimum absolute atomic E-state index is 0.00488. The van der Waals surface area contributed by atoms with E-state index in [0.29, 0.717) is 5.56 Å². The van der Waals surface area contributed by atoms with Crippen LogP contribution < -0.4 is 0 Å². The van der Waals surface area contributed by atoms with Crippen molar-refractivity contribution in [1.82, 2.24) is 0 Å². The van der Waals surface area contributed by atoms with E-state index in [2.05, 4.69) is 6.07 Å². The Bertz CT molecular complexity index is 1250. The summed E-state index contributed by atoms with van der Waals surface area (Å²) in [7, 11) is 0. The lowest BCUT2D eigenvalue weighted by atomic mass is 9.86. The van der Waals surface area contributed by atoms with Crippen molar-refractivity contribution in [3.05, 3.63) is 143 Å². The molecule has 0 amide bonds. The number of hydrogen-bond donors (Lipinski definition) is 0. The van der Waals surface area contributed by atoms with Crippen molar-refractivity contribution >= 4 is 11.5 Å². The number of aryl methyl sites for hydroxylation is 1. The van der Waals surface area contributed by atoms with Crippen molar-refractivity contribution in [3.63, 3.8) is 0 Å². The molecule has 0 N–H and O–H groups in total. The Balaban J connectivity index is 1.76. The molecular formula is C31H26N2O. The van der Waals surface area contributed by atoms with Crippen LogP contribution >= 0.6 is 0 Å². The second-order valence-electron chi connectivity index (χ2n) is 8.29. The molecule has 166 valence electrons. The fourth-order valence-corrected chi connectivity index (χ4v) is 4.02. The van der Waals surface area contributed by atoms with Gasteiger partial charge < -0.3 is 0 Å². The lowest BCUT2D eigenvalue weighted by Crippen LogP contribution is -2.21. The predicted molar refractivity (Wildman–Crippen MR) is 137 cm³/mol. The second kappa shape index (κ2) is 11.0. The van der Waals surface area contributed by atoms with Crippen LogP contribution in [0.2, 0.25) is 0 Å². The number of hydrogen-bond acceptors (Lipinski definition) is 3. The van der Waals surface area contributed by atoms with Gasteiger partial charge in [0.1, 0.15) is 6.04 Å². The summed E-state index contributed by atoms with van der Waals surface area (Å²) < 4.78 is 0. The summed E-state index contributed by atoms with van der Waals surface area (Å²) in [5.41, 5.74) is 5.30. The highest BCUT2D eigenvalue weighted by Gasteiger charge is 2.27. The van der Waals surface area contributed by atoms with Crippen molar-refractivity contribution in [2.45, 2.75) is 25.3 Å². The molecule has 3 nitrogen and oxygen atoms in total. The quantitative estimate of drug-likeness (QED) is 0.223. The first-order valence-corrected chi connectivity index (χ1v) is 11.4. The second-order valence-corrected chi connectivity index (χ2v) is 8.29. The van der Waals surface area contributed by atoms with Crippen LogP contribution in [0.25, 0.3) is 0 Å². The molecule has 3 heteroatoms. The van der Waals surface area contributed by atoms with Gasteiger partial charge >= 0.3 is 0 Å². The molecule has 0 aliphatic rings. The first-order valence-electron chi connectivity index (χ1n) is 11.4. The average molecular weight is 443 g/mol. The van der Waals surface area contributed by atoms with Crippen LogP contribution in [-0.2, 0) is 0 Å². The molecule has 0 aliphatic carbocycles. The molecule has 0 saturated heterocycles. The van der Waals surface area contributed by atoms with Crippen LogP contribution in [0.15, 0.2) is 120 Å². The SMILES string of the molecule is Cc1ccc(C(=O)CC(c2ccccc2)C(C#N)N=C(c2ccccc2)c2ccccc2)cc1. The van der Waals surface area contributed by atoms with Crippen LogP contribution in [0.1, 0.15) is 45.0 Å². The Labute approximate surface area is 201 Å². The number of Topliss-reactive ketones (excluding diaryl/α,β-unsaturated/α-hetero) is 1. The maximum Gasteiger partial charge on any atom is 0.163 e. The highest BCUT2D eigenvalue weighted by Crippen LogP contribution is 2.29. The van der Waals surface area contributed by atoms with Crippen molar-refractivity contribution in [1.29, 1.82) is 5.26 Å². The van der Waals surface area contributed by atoms with Crippen molar-refractivity contribution < 1.29 is 4.79 Å². The van der Waals surface area contributed by atoms with E-state index in [4.69, 9.17) is 4.99 Å². The molecule has 0 radical (unpaired) electrons. The lowest BCUT2D eigenvalue weighted by molar-refractivity contribution is 0.0972. The predicted octanol–water partition coefficient (Wildman–Crippen LogP) is 6.78. The summed E-state index contributed by atoms with van der Waals surface area (Å²) >= 11 is 0. The fourth-order valence-electron chi connectivity index (χ4n) is 4.02. The molecule has 4 aromatic rings. The molecule has 2 unspecified atom stereocenters. The fraction of sp³-hybridized carbons (Fsp3) is 0.129. The smallest absolute Gasteiger partial charge is 0.163 e. The van der Waals surface area contributed by atoms with Gasteiger partial charge in [-0.3, -0.25) is 9.79 Å². The minimum atomic E-state index is -0.729. The zero-order valence-corrected chi connectivity index (χ0v) is 19.1. The topological polar surface area (TPSA) is 53.2 Å². The molecule has 4 aromatic carbocycles. The third-order valence-electron chi connectivity index (χ3n) is 5.88. The van der Waals surface area contributed by atoms with E-state index in [0.717, 1.165) is 28.0 Å². The standard InChI is InChI=1S/C31H26N2O/c1-23-17-19-25(20-18-23)30(34)21-28(24-11-5-2-6-12-24)29(22-32)33-31(26-13-7-3-8-14-26)27-15-9-4-10-16-27/h2-20,28-29H,21H2,1H3. The molecular weight excluding hydrogens is 416 g/mol. The van der Waals surface area contributed by atoms with Crippen LogP contribution in [0.3, 0.4) is 0 Å². The normalized spacial score (nSPS) is 12.2. The summed E-state index contributed by atoms with van der Waals surface area (Å²) in [6.45, 7) is 2.00. The van der Waals surface area contributed by atoms with Gasteiger partial charge in [-0.15, -0.1) is 0 Å². The Kier molecular flexibility index (Phi) is 7.42. The Morgan fingerprint density at radius 1 is 0.735 bits per heavy atom. The van der Waals surface area contributed by atoms with E-state index >= 15 is 0 Å². The average Bonchev–Trinajstić information content (AvgIpc) is 2.90. The Morgan fingerprint density at radius 3 is 1.74 bits per heavy atom. The molecule has 0 aliphatic heterocycles. The maximum atomic E-state index is 13.2. The summed E-state index contributed by atoms with van der Waals surface area (Å²) in [4.78, 5) is 18.2. The highest BCUT2D eigenvalue weighted by molar-refractivity contribution is 6.13. The Morgan fingerprint density at radius 2 is 1.24 bits per heavy atom. The molecule has 34 heavy (non-hydrogen) atoms. The van der Waals surface area contributed by atoms with E-state index in [1.807, 2.05) is 122 Å². The number of rotatable bonds is 8. The first-order chi connectivity index (χ1) is 16.7. The Hall–Kier alpha value is -4.29. The number of ketones is 1. The summed E-state index contributed by atoms with van der Waals surface area (Å²) in [5, 5.41) is 10.3. The van der Waals surface area contributed by atoms with Crippen LogP contribution in [0, 0.1) is 18.3 Å². The van der Waals surface area contributed by atoms with Gasteiger partial charge in [0.15, 0.2) is 5.78 Å². The zero-order valence-electron chi connectivity index (χ0n) is 19.1. The van der Waals surface area contributed by atoms with Gasteiger partial charge in [-0.25, -0.2) is 0 Å². The summed E-state index contributed by atoms with van der Waals surface area (Å²) in [6, 6.07) is 38.7. The van der Waals surface area contributed by atoms with E-state index in [1.165, 1.54) is 0 Å². The van der Waals surface area contributed by atoms with Gasteiger partial charge in [0.05, 0.1) is 11.8 Å². The largest absolute Gasteiger partial charge is 0.294 e. The van der Waals surface area contributed by atoms with Gasteiger partial charge in [-0.05, 0) is 12.5 Å². The van der Waals surface area contributed by atoms with E-state index in [9.17, 15) is 10.1 Å². The van der Waals surface area contributed by atoms with Crippen molar-refractivity contribution in [3.8, 4) is 6.07 Å². The van der Waals surface area contributed by atoms with Gasteiger partial charge in [0.25, 0.3) is 0 Å². The van der Waals surface area contributed by atoms with Crippen LogP contribution in [-0.4, -0.2) is 17.5 Å². The third kappa shape index (κ3) is 5.54. The summed E-state index contributed by atoms with van der Waals surface area (Å²) in [5.74, 6) is -0.368. The van der Waals surface area contributed by atoms with Crippen molar-refractivity contribution in [2.75, 3.05) is 0 Å². The summed E-state index contributed by atoms with van der Waals surface area (Å²) in [6.07, 6.45) is 0.200. The molecule has 2 atom stereocenters. The number of nitrogens with zero attached hydrogens (tertiary/aromatic N) is 2. The number of carbonyl (C=O) groups is 1. The van der Waals surface area contributed by atoms with Gasteiger partial charge in [-0.1, -0.05) is 121 Å². The number of carbonyl (C=O) groups excluding carboxylic acids is 1. The monoisotopic (exact) mass is 442 g/mol. The number of nitriles is 1. The number of aliphatic imine (C=N–C) groups is 1. The van der Waals surface area contributed by atoms with Crippen molar-refractivity contribution in [2.24, 2.45) is 4.99 Å². The number of benzene rings is 4. The van der Waals surface area contributed by atoms with Crippen LogP contribution in [0.4, 0.5) is 0 Å². The molecule has 4 rings (SSSR count). The lowest BCUT2D eigenvalue weighted by Gasteiger charge is -2.21. The minimum Gasteiger partial charge on any atom is -0.294 e. The van der Waals surface area contributed by atoms with Gasteiger partial charge in [0, 0.05) is 29.0 Å². The maximum absolute atomic E-state index is 13.2. The van der Waals surface area contributed by atoms with E-state index in [-0.39, 0.29) is 18.1 Å². The molecule has 0 heterocycles.